The highest BCUT2D eigenvalue weighted by Gasteiger charge is 2.58. The first-order valence-electron chi connectivity index (χ1n) is 5.92. The number of aryl methyl sites for hydroxylation is 1. The van der Waals surface area contributed by atoms with Gasteiger partial charge in [-0.15, -0.1) is 0 Å². The average molecular weight is 304 g/mol. The largest absolute Gasteiger partial charge is 0.479 e. The number of rotatable bonds is 3. The van der Waals surface area contributed by atoms with Crippen LogP contribution in [-0.2, 0) is 4.79 Å². The van der Waals surface area contributed by atoms with E-state index in [1.807, 2.05) is 0 Å². The Bertz CT molecular complexity index is 560. The number of carbonyl (C=O) groups excluding carboxylic acids is 1. The summed E-state index contributed by atoms with van der Waals surface area (Å²) in [6, 6.07) is 5.39. The van der Waals surface area contributed by atoms with Crippen LogP contribution in [0.2, 0.25) is 0 Å². The molecule has 1 rings (SSSR count). The first kappa shape index (κ1) is 16.8. The lowest BCUT2D eigenvalue weighted by molar-refractivity contribution is -0.203. The number of nitrogens with zero attached hydrogens (tertiary/aromatic N) is 1. The molecule has 0 bridgehead atoms. The van der Waals surface area contributed by atoms with E-state index < -0.39 is 23.7 Å². The van der Waals surface area contributed by atoms with E-state index >= 15 is 0 Å². The molecule has 1 aromatic carbocycles. The molecule has 8 heteroatoms. The van der Waals surface area contributed by atoms with Crippen molar-refractivity contribution in [3.05, 3.63) is 29.8 Å². The number of carboxylic acid groups (broad SMARTS) is 1. The van der Waals surface area contributed by atoms with Crippen LogP contribution in [-0.4, -0.2) is 35.9 Å². The summed E-state index contributed by atoms with van der Waals surface area (Å²) >= 11 is 0. The van der Waals surface area contributed by atoms with Crippen LogP contribution in [0.5, 0.6) is 0 Å². The molecule has 1 aromatic rings. The van der Waals surface area contributed by atoms with E-state index in [0.717, 1.165) is 4.90 Å². The Hall–Kier alpha value is -2.25. The van der Waals surface area contributed by atoms with Crippen LogP contribution in [0.3, 0.4) is 0 Å². The fourth-order valence-corrected chi connectivity index (χ4v) is 1.59. The summed E-state index contributed by atoms with van der Waals surface area (Å²) in [6.45, 7) is 2.08. The van der Waals surface area contributed by atoms with Gasteiger partial charge in [-0.3, -0.25) is 4.90 Å². The van der Waals surface area contributed by atoms with Crippen LogP contribution in [0.4, 0.5) is 23.7 Å². The van der Waals surface area contributed by atoms with Crippen molar-refractivity contribution < 1.29 is 27.9 Å². The summed E-state index contributed by atoms with van der Waals surface area (Å²) in [6.07, 6.45) is -5.12. The van der Waals surface area contributed by atoms with E-state index in [4.69, 9.17) is 5.11 Å². The molecule has 0 aliphatic rings. The number of amides is 2. The molecule has 0 saturated carbocycles. The van der Waals surface area contributed by atoms with Gasteiger partial charge in [0, 0.05) is 12.7 Å². The van der Waals surface area contributed by atoms with Gasteiger partial charge in [-0.1, -0.05) is 18.2 Å². The Morgan fingerprint density at radius 1 is 1.24 bits per heavy atom. The minimum Gasteiger partial charge on any atom is -0.479 e. The zero-order valence-electron chi connectivity index (χ0n) is 11.7. The zero-order chi connectivity index (χ0) is 16.4. The number of hydrogen-bond acceptors (Lipinski definition) is 2. The number of urea groups is 1. The molecule has 1 atom stereocenters. The van der Waals surface area contributed by atoms with Crippen LogP contribution in [0.1, 0.15) is 12.5 Å². The van der Waals surface area contributed by atoms with Gasteiger partial charge in [0.15, 0.2) is 0 Å². The molecule has 0 fully saturated rings. The highest BCUT2D eigenvalue weighted by atomic mass is 19.4. The van der Waals surface area contributed by atoms with Gasteiger partial charge >= 0.3 is 18.2 Å². The lowest BCUT2D eigenvalue weighted by Crippen LogP contribution is -2.63. The van der Waals surface area contributed by atoms with E-state index in [9.17, 15) is 22.8 Å². The van der Waals surface area contributed by atoms with Crippen LogP contribution >= 0.6 is 0 Å². The third kappa shape index (κ3) is 3.26. The maximum atomic E-state index is 12.8. The van der Waals surface area contributed by atoms with Crippen molar-refractivity contribution in [2.24, 2.45) is 0 Å². The molecule has 0 radical (unpaired) electrons. The summed E-state index contributed by atoms with van der Waals surface area (Å²) in [4.78, 5) is 23.7. The molecule has 0 heterocycles. The topological polar surface area (TPSA) is 69.6 Å². The Kier molecular flexibility index (Phi) is 4.50. The molecule has 0 saturated heterocycles. The second kappa shape index (κ2) is 5.63. The number of para-hydroxylation sites is 1. The Morgan fingerprint density at radius 3 is 2.19 bits per heavy atom. The number of aliphatic carboxylic acids is 1. The molecular formula is C13H15F3N2O3. The first-order chi connectivity index (χ1) is 9.50. The minimum atomic E-state index is -5.12. The van der Waals surface area contributed by atoms with Crippen LogP contribution in [0, 0.1) is 6.92 Å². The predicted octanol–water partition coefficient (Wildman–Crippen LogP) is 2.55. The van der Waals surface area contributed by atoms with E-state index in [1.54, 1.807) is 31.2 Å². The van der Waals surface area contributed by atoms with Gasteiger partial charge in [-0.05, 0) is 25.5 Å². The first-order valence-corrected chi connectivity index (χ1v) is 5.92. The number of benzene rings is 1. The quantitative estimate of drug-likeness (QED) is 0.901. The van der Waals surface area contributed by atoms with Crippen LogP contribution < -0.4 is 10.2 Å². The van der Waals surface area contributed by atoms with Gasteiger partial charge in [0.05, 0.1) is 0 Å². The zero-order valence-corrected chi connectivity index (χ0v) is 11.7. The minimum absolute atomic E-state index is 0.380. The molecule has 0 aromatic heterocycles. The smallest absolute Gasteiger partial charge is 0.422 e. The lowest BCUT2D eigenvalue weighted by atomic mass is 10.0. The van der Waals surface area contributed by atoms with E-state index in [1.165, 1.54) is 12.4 Å². The van der Waals surface area contributed by atoms with Crippen molar-refractivity contribution in [1.82, 2.24) is 5.32 Å². The molecule has 2 N–H and O–H groups in total. The lowest BCUT2D eigenvalue weighted by Gasteiger charge is -2.31. The third-order valence-corrected chi connectivity index (χ3v) is 3.13. The van der Waals surface area contributed by atoms with Crippen molar-refractivity contribution in [2.45, 2.75) is 25.6 Å². The van der Waals surface area contributed by atoms with Gasteiger partial charge in [-0.25, -0.2) is 9.59 Å². The van der Waals surface area contributed by atoms with E-state index in [2.05, 4.69) is 0 Å². The van der Waals surface area contributed by atoms with Crippen molar-refractivity contribution in [1.29, 1.82) is 0 Å². The SMILES string of the molecule is Cc1ccccc1N(C)C(=O)NC(C)(C(=O)O)C(F)(F)F. The van der Waals surface area contributed by atoms with Crippen molar-refractivity contribution >= 4 is 17.7 Å². The standard InChI is InChI=1S/C13H15F3N2O3/c1-8-6-4-5-7-9(8)18(3)11(21)17-12(2,10(19)20)13(14,15)16/h4-7H,1-3H3,(H,17,21)(H,19,20). The Labute approximate surface area is 119 Å². The molecule has 21 heavy (non-hydrogen) atoms. The fourth-order valence-electron chi connectivity index (χ4n) is 1.59. The summed E-state index contributed by atoms with van der Waals surface area (Å²) < 4.78 is 38.5. The number of halogens is 3. The van der Waals surface area contributed by atoms with Crippen molar-refractivity contribution in [3.8, 4) is 0 Å². The molecule has 2 amide bonds. The molecule has 5 nitrogen and oxygen atoms in total. The van der Waals surface area contributed by atoms with Gasteiger partial charge in [0.1, 0.15) is 0 Å². The summed E-state index contributed by atoms with van der Waals surface area (Å²) in [5, 5.41) is 10.3. The average Bonchev–Trinajstić information content (AvgIpc) is 2.36. The van der Waals surface area contributed by atoms with Crippen LogP contribution in [0.25, 0.3) is 0 Å². The van der Waals surface area contributed by atoms with Gasteiger partial charge in [0.25, 0.3) is 0 Å². The maximum Gasteiger partial charge on any atom is 0.422 e. The highest BCUT2D eigenvalue weighted by molar-refractivity contribution is 5.96. The monoisotopic (exact) mass is 304 g/mol. The second-order valence-electron chi connectivity index (χ2n) is 4.70. The molecule has 0 aliphatic heterocycles. The fraction of sp³-hybridized carbons (Fsp3) is 0.385. The van der Waals surface area contributed by atoms with E-state index in [0.29, 0.717) is 18.2 Å². The molecular weight excluding hydrogens is 289 g/mol. The summed E-state index contributed by atoms with van der Waals surface area (Å²) in [7, 11) is 1.26. The number of alkyl halides is 3. The predicted molar refractivity (Wildman–Crippen MR) is 70.2 cm³/mol. The second-order valence-corrected chi connectivity index (χ2v) is 4.70. The van der Waals surface area contributed by atoms with Gasteiger partial charge < -0.3 is 10.4 Å². The Morgan fingerprint density at radius 2 is 1.76 bits per heavy atom. The summed E-state index contributed by atoms with van der Waals surface area (Å²) in [5.74, 6) is -2.18. The van der Waals surface area contributed by atoms with Gasteiger partial charge in [0.2, 0.25) is 5.54 Å². The Balaban J connectivity index is 3.04. The van der Waals surface area contributed by atoms with E-state index in [-0.39, 0.29) is 0 Å². The third-order valence-electron chi connectivity index (χ3n) is 3.13. The number of anilines is 1. The number of hydrogen-bond donors (Lipinski definition) is 2. The molecule has 0 aliphatic carbocycles. The highest BCUT2D eigenvalue weighted by Crippen LogP contribution is 2.31. The maximum absolute atomic E-state index is 12.8. The van der Waals surface area contributed by atoms with Crippen molar-refractivity contribution in [3.63, 3.8) is 0 Å². The molecule has 116 valence electrons. The summed E-state index contributed by atoms with van der Waals surface area (Å²) in [5.41, 5.74) is -2.31. The van der Waals surface area contributed by atoms with Crippen molar-refractivity contribution in [2.75, 3.05) is 11.9 Å². The molecule has 0 spiro atoms. The number of nitrogens with one attached hydrogen (secondary N) is 1. The number of carboxylic acids is 1. The van der Waals surface area contributed by atoms with Crippen LogP contribution in [0.15, 0.2) is 24.3 Å². The number of carbonyl (C=O) groups is 2. The van der Waals surface area contributed by atoms with Gasteiger partial charge in [-0.2, -0.15) is 13.2 Å². The molecule has 1 unspecified atom stereocenters. The normalized spacial score (nSPS) is 14.2.